The van der Waals surface area contributed by atoms with Crippen molar-refractivity contribution in [3.63, 3.8) is 0 Å². The van der Waals surface area contributed by atoms with E-state index in [4.69, 9.17) is 9.97 Å². The Kier molecular flexibility index (Phi) is 6.04. The standard InChI is InChI=1S/C35H40N6.4H2/c1-21(17-31-22(2)38-33(40-31)29-7-5-15-36-29)24-10-11-25(27-20-35(19-26(24)27)13-3-4-14-35)23-9-12-28-32(18-23)41-34(39-28)30-8-6-16-37-30;;;;/h9-12,17-18,29-30,36-37H,1-8,13-16,19-20H2,(H,38,40)(H,39,41);4*1H/b31-17+;;;;. The molecule has 2 saturated heterocycles. The van der Waals surface area contributed by atoms with Gasteiger partial charge in [-0.25, -0.2) is 9.97 Å². The highest BCUT2D eigenvalue weighted by molar-refractivity contribution is 5.91. The summed E-state index contributed by atoms with van der Waals surface area (Å²) in [6.45, 7) is 11.0. The molecule has 8 rings (SSSR count). The molecule has 0 radical (unpaired) electrons. The molecule has 2 unspecified atom stereocenters. The monoisotopic (exact) mass is 552 g/mol. The molecule has 4 aromatic rings. The summed E-state index contributed by atoms with van der Waals surface area (Å²) in [6, 6.07) is 12.1. The molecule has 6 heteroatoms. The lowest BCUT2D eigenvalue weighted by Gasteiger charge is -2.22. The van der Waals surface area contributed by atoms with E-state index in [0.717, 1.165) is 77.7 Å². The highest BCUT2D eigenvalue weighted by Gasteiger charge is 2.41. The van der Waals surface area contributed by atoms with Gasteiger partial charge in [0.25, 0.3) is 0 Å². The second-order valence-electron chi connectivity index (χ2n) is 13.0. The molecule has 0 bridgehead atoms. The molecule has 2 aliphatic carbocycles. The number of fused-ring (bicyclic) bond motifs is 2. The maximum absolute atomic E-state index is 4.94. The fraction of sp³-hybridized carbons (Fsp3) is 0.429. The van der Waals surface area contributed by atoms with Crippen LogP contribution >= 0.6 is 0 Å². The first-order valence-corrected chi connectivity index (χ1v) is 15.6. The molecule has 2 aromatic carbocycles. The van der Waals surface area contributed by atoms with E-state index >= 15 is 0 Å². The number of hydrogen-bond acceptors (Lipinski definition) is 4. The van der Waals surface area contributed by atoms with Gasteiger partial charge in [0.2, 0.25) is 0 Å². The molecule has 218 valence electrons. The second-order valence-corrected chi connectivity index (χ2v) is 13.0. The van der Waals surface area contributed by atoms with Gasteiger partial charge >= 0.3 is 0 Å². The number of benzene rings is 2. The Morgan fingerprint density at radius 1 is 0.878 bits per heavy atom. The van der Waals surface area contributed by atoms with E-state index in [-0.39, 0.29) is 5.71 Å². The van der Waals surface area contributed by atoms with Crippen LogP contribution in [0.25, 0.3) is 40.4 Å². The van der Waals surface area contributed by atoms with Crippen LogP contribution in [0, 0.1) is 5.41 Å². The molecule has 0 amide bonds. The largest absolute Gasteiger partial charge is 0.341 e. The molecule has 4 aliphatic rings. The van der Waals surface area contributed by atoms with E-state index in [9.17, 15) is 0 Å². The summed E-state index contributed by atoms with van der Waals surface area (Å²) in [4.78, 5) is 16.9. The van der Waals surface area contributed by atoms with Crippen molar-refractivity contribution in [1.29, 1.82) is 0 Å². The van der Waals surface area contributed by atoms with Crippen molar-refractivity contribution < 1.29 is 5.71 Å². The number of hydrogen-bond donors (Lipinski definition) is 4. The number of allylic oxidation sites excluding steroid dienone is 1. The first-order chi connectivity index (χ1) is 20.1. The zero-order valence-corrected chi connectivity index (χ0v) is 23.9. The smallest absolute Gasteiger partial charge is 0.124 e. The average molecular weight is 553 g/mol. The van der Waals surface area contributed by atoms with E-state index in [1.165, 1.54) is 66.3 Å². The molecule has 1 saturated carbocycles. The van der Waals surface area contributed by atoms with Gasteiger partial charge in [0.15, 0.2) is 0 Å². The van der Waals surface area contributed by atoms with Gasteiger partial charge in [0.05, 0.1) is 33.8 Å². The van der Waals surface area contributed by atoms with Crippen molar-refractivity contribution in [2.24, 2.45) is 5.41 Å². The van der Waals surface area contributed by atoms with Crippen LogP contribution in [0.1, 0.15) is 97.5 Å². The van der Waals surface area contributed by atoms with Crippen LogP contribution in [0.15, 0.2) is 36.9 Å². The van der Waals surface area contributed by atoms with Crippen LogP contribution in [0.2, 0.25) is 0 Å². The first-order valence-electron chi connectivity index (χ1n) is 15.6. The summed E-state index contributed by atoms with van der Waals surface area (Å²) in [6.07, 6.45) is 14.5. The Morgan fingerprint density at radius 2 is 1.61 bits per heavy atom. The molecular formula is C35H48N6. The molecule has 4 N–H and O–H groups in total. The SMILES string of the molecule is C=C(/C=c1/nc(C2CCCN2)[nH]c1=C)c1ccc(-c2ccc3nc(C4CCCN4)[nH]c3c2)c2c1CC1(CCCC1)C2.[HH].[HH].[HH].[HH]. The minimum Gasteiger partial charge on any atom is -0.341 e. The Labute approximate surface area is 247 Å². The number of aromatic amines is 2. The highest BCUT2D eigenvalue weighted by Crippen LogP contribution is 2.52. The molecule has 2 aromatic heterocycles. The van der Waals surface area contributed by atoms with Gasteiger partial charge in [-0.2, -0.15) is 0 Å². The fourth-order valence-corrected chi connectivity index (χ4v) is 8.13. The molecule has 2 aliphatic heterocycles. The minimum absolute atomic E-state index is 0. The summed E-state index contributed by atoms with van der Waals surface area (Å²) in [5.41, 5.74) is 10.5. The maximum Gasteiger partial charge on any atom is 0.124 e. The summed E-state index contributed by atoms with van der Waals surface area (Å²) < 4.78 is 0. The average Bonchev–Trinajstić information content (AvgIpc) is 3.81. The van der Waals surface area contributed by atoms with Crippen molar-refractivity contribution in [2.75, 3.05) is 13.1 Å². The lowest BCUT2D eigenvalue weighted by atomic mass is 9.82. The van der Waals surface area contributed by atoms with Gasteiger partial charge in [-0.3, -0.25) is 0 Å². The Hall–Kier alpha value is -3.48. The van der Waals surface area contributed by atoms with Crippen LogP contribution in [-0.4, -0.2) is 33.0 Å². The van der Waals surface area contributed by atoms with Crippen LogP contribution in [0.4, 0.5) is 0 Å². The van der Waals surface area contributed by atoms with Crippen LogP contribution in [0.3, 0.4) is 0 Å². The minimum atomic E-state index is 0. The summed E-state index contributed by atoms with van der Waals surface area (Å²) in [5, 5.41) is 8.89. The van der Waals surface area contributed by atoms with Crippen molar-refractivity contribution in [3.8, 4) is 11.1 Å². The topological polar surface area (TPSA) is 81.4 Å². The molecule has 4 heterocycles. The number of rotatable bonds is 5. The van der Waals surface area contributed by atoms with Gasteiger partial charge in [0.1, 0.15) is 11.6 Å². The Bertz CT molecular complexity index is 1780. The number of imidazole rings is 2. The lowest BCUT2D eigenvalue weighted by molar-refractivity contribution is 0.318. The quantitative estimate of drug-likeness (QED) is 0.233. The van der Waals surface area contributed by atoms with Crippen molar-refractivity contribution in [3.05, 3.63) is 75.9 Å². The van der Waals surface area contributed by atoms with E-state index in [2.05, 4.69) is 70.2 Å². The molecule has 3 fully saturated rings. The van der Waals surface area contributed by atoms with Gasteiger partial charge in [0, 0.05) is 5.71 Å². The Morgan fingerprint density at radius 3 is 2.34 bits per heavy atom. The summed E-state index contributed by atoms with van der Waals surface area (Å²) in [5.74, 6) is 2.07. The third-order valence-electron chi connectivity index (χ3n) is 10.3. The molecular weight excluding hydrogens is 504 g/mol. The van der Waals surface area contributed by atoms with Gasteiger partial charge in [-0.05, 0) is 121 Å². The lowest BCUT2D eigenvalue weighted by Crippen LogP contribution is -2.22. The number of nitrogens with zero attached hydrogens (tertiary/aromatic N) is 2. The van der Waals surface area contributed by atoms with E-state index in [1.807, 2.05) is 0 Å². The predicted octanol–water partition coefficient (Wildman–Crippen LogP) is 6.35. The maximum atomic E-state index is 4.94. The van der Waals surface area contributed by atoms with Gasteiger partial charge in [-0.1, -0.05) is 44.2 Å². The fourth-order valence-electron chi connectivity index (χ4n) is 8.13. The van der Waals surface area contributed by atoms with Crippen LogP contribution < -0.4 is 21.3 Å². The second kappa shape index (κ2) is 9.81. The Balaban J connectivity index is 0.00000115. The van der Waals surface area contributed by atoms with E-state index in [0.29, 0.717) is 17.5 Å². The van der Waals surface area contributed by atoms with Crippen LogP contribution in [-0.2, 0) is 12.8 Å². The number of nitrogens with one attached hydrogen (secondary N) is 4. The number of aromatic nitrogens is 4. The predicted molar refractivity (Wildman–Crippen MR) is 175 cm³/mol. The molecule has 1 spiro atoms. The third-order valence-corrected chi connectivity index (χ3v) is 10.3. The van der Waals surface area contributed by atoms with E-state index in [1.54, 1.807) is 0 Å². The van der Waals surface area contributed by atoms with Gasteiger partial charge < -0.3 is 20.6 Å². The molecule has 6 nitrogen and oxygen atoms in total. The zero-order chi connectivity index (χ0) is 27.6. The summed E-state index contributed by atoms with van der Waals surface area (Å²) in [7, 11) is 0. The zero-order valence-electron chi connectivity index (χ0n) is 23.9. The third kappa shape index (κ3) is 4.39. The molecule has 41 heavy (non-hydrogen) atoms. The number of H-pyrrole nitrogens is 2. The summed E-state index contributed by atoms with van der Waals surface area (Å²) >= 11 is 0. The normalized spacial score (nSPS) is 23.8. The first kappa shape index (κ1) is 25.2. The van der Waals surface area contributed by atoms with E-state index < -0.39 is 0 Å². The van der Waals surface area contributed by atoms with Crippen molar-refractivity contribution in [1.82, 2.24) is 30.6 Å². The van der Waals surface area contributed by atoms with Gasteiger partial charge in [-0.15, -0.1) is 0 Å². The van der Waals surface area contributed by atoms with Crippen LogP contribution in [0.5, 0.6) is 0 Å². The highest BCUT2D eigenvalue weighted by atomic mass is 15.0. The molecule has 2 atom stereocenters. The van der Waals surface area contributed by atoms with Crippen molar-refractivity contribution in [2.45, 2.75) is 76.3 Å². The van der Waals surface area contributed by atoms with Crippen molar-refractivity contribution >= 4 is 29.3 Å².